The van der Waals surface area contributed by atoms with Crippen molar-refractivity contribution in [2.75, 3.05) is 52.4 Å². The van der Waals surface area contributed by atoms with Gasteiger partial charge >= 0.3 is 0 Å². The van der Waals surface area contributed by atoms with E-state index in [4.69, 9.17) is 4.74 Å². The van der Waals surface area contributed by atoms with Crippen LogP contribution in [0.5, 0.6) is 11.5 Å². The minimum atomic E-state index is -0.961. The molecule has 6 aromatic carbocycles. The standard InChI is InChI=1S/C58H76N4OP2/c1-11-59(12-2)41-47-21-29-51(30-22-47)64(52-31-23-48(24-32-52)42-60(13-3)14-4)57-39-45(9)19-37-55(57)63-56-38-20-46(10)40-58(56)65(53-33-25-49(26-34-53)43-61(15-5)16-6)54-35-27-50(28-36-54)44-62(17-7)18-8/h19-40H,11-18,41-44H2,1-10H3. The smallest absolute Gasteiger partial charge is 0.135 e. The van der Waals surface area contributed by atoms with Gasteiger partial charge in [-0.3, -0.25) is 19.6 Å². The molecule has 6 aromatic rings. The van der Waals surface area contributed by atoms with E-state index in [1.807, 2.05) is 0 Å². The largest absolute Gasteiger partial charge is 0.456 e. The summed E-state index contributed by atoms with van der Waals surface area (Å²) in [5.74, 6) is 1.84. The molecule has 0 fully saturated rings. The lowest BCUT2D eigenvalue weighted by Gasteiger charge is -2.26. The van der Waals surface area contributed by atoms with E-state index in [1.165, 1.54) is 65.2 Å². The molecule has 0 aliphatic carbocycles. The van der Waals surface area contributed by atoms with Gasteiger partial charge in [0.15, 0.2) is 0 Å². The van der Waals surface area contributed by atoms with Gasteiger partial charge in [0.25, 0.3) is 0 Å². The maximum Gasteiger partial charge on any atom is 0.135 e. The van der Waals surface area contributed by atoms with E-state index in [0.717, 1.165) is 90.0 Å². The number of nitrogens with zero attached hydrogens (tertiary/aromatic N) is 4. The van der Waals surface area contributed by atoms with Crippen molar-refractivity contribution in [3.63, 3.8) is 0 Å². The fraction of sp³-hybridized carbons (Fsp3) is 0.379. The van der Waals surface area contributed by atoms with Gasteiger partial charge in [-0.25, -0.2) is 0 Å². The van der Waals surface area contributed by atoms with Crippen molar-refractivity contribution in [1.29, 1.82) is 0 Å². The second-order valence-corrected chi connectivity index (χ2v) is 21.6. The number of rotatable bonds is 24. The van der Waals surface area contributed by atoms with Crippen LogP contribution in [0, 0.1) is 13.8 Å². The number of hydrogen-bond acceptors (Lipinski definition) is 5. The zero-order valence-corrected chi connectivity index (χ0v) is 43.1. The highest BCUT2D eigenvalue weighted by Crippen LogP contribution is 2.42. The van der Waals surface area contributed by atoms with Gasteiger partial charge in [0.2, 0.25) is 0 Å². The molecule has 0 amide bonds. The molecule has 0 saturated carbocycles. The highest BCUT2D eigenvalue weighted by molar-refractivity contribution is 7.80. The van der Waals surface area contributed by atoms with Crippen molar-refractivity contribution in [2.45, 2.75) is 95.4 Å². The molecule has 0 unspecified atom stereocenters. The first-order valence-corrected chi connectivity index (χ1v) is 27.1. The molecule has 65 heavy (non-hydrogen) atoms. The first-order chi connectivity index (χ1) is 31.6. The van der Waals surface area contributed by atoms with E-state index < -0.39 is 15.8 Å². The first kappa shape index (κ1) is 50.2. The SMILES string of the molecule is CCN(CC)Cc1ccc(P(c2ccc(CN(CC)CC)cc2)c2cc(C)ccc2Oc2ccc(C)cc2P(c2ccc(CN(CC)CC)cc2)c2ccc(CN(CC)CC)cc2)cc1. The third-order valence-electron chi connectivity index (χ3n) is 12.9. The topological polar surface area (TPSA) is 22.2 Å². The monoisotopic (exact) mass is 907 g/mol. The van der Waals surface area contributed by atoms with Crippen molar-refractivity contribution in [3.05, 3.63) is 167 Å². The molecule has 7 heteroatoms. The fourth-order valence-corrected chi connectivity index (χ4v) is 13.4. The predicted octanol–water partition coefficient (Wildman–Crippen LogP) is 11.0. The van der Waals surface area contributed by atoms with Crippen LogP contribution in [0.3, 0.4) is 0 Å². The molecule has 0 N–H and O–H groups in total. The number of hydrogen-bond donors (Lipinski definition) is 0. The Morgan fingerprint density at radius 1 is 0.323 bits per heavy atom. The summed E-state index contributed by atoms with van der Waals surface area (Å²) in [7, 11) is -1.92. The second-order valence-electron chi connectivity index (χ2n) is 17.2. The van der Waals surface area contributed by atoms with Crippen LogP contribution in [0.25, 0.3) is 0 Å². The van der Waals surface area contributed by atoms with Crippen LogP contribution >= 0.6 is 15.8 Å². The molecule has 6 rings (SSSR count). The Kier molecular flexibility index (Phi) is 19.4. The van der Waals surface area contributed by atoms with Crippen LogP contribution < -0.4 is 36.6 Å². The Balaban J connectivity index is 1.46. The van der Waals surface area contributed by atoms with Crippen LogP contribution in [-0.4, -0.2) is 72.0 Å². The van der Waals surface area contributed by atoms with E-state index in [1.54, 1.807) is 0 Å². The van der Waals surface area contributed by atoms with Gasteiger partial charge in [0.1, 0.15) is 11.5 Å². The zero-order valence-electron chi connectivity index (χ0n) is 41.3. The number of benzene rings is 6. The first-order valence-electron chi connectivity index (χ1n) is 24.4. The van der Waals surface area contributed by atoms with Crippen molar-refractivity contribution in [1.82, 2.24) is 19.6 Å². The molecule has 0 radical (unpaired) electrons. The van der Waals surface area contributed by atoms with Gasteiger partial charge in [-0.1, -0.05) is 176 Å². The molecular weight excluding hydrogens is 831 g/mol. The fourth-order valence-electron chi connectivity index (χ4n) is 8.57. The molecule has 0 bridgehead atoms. The maximum atomic E-state index is 7.43. The summed E-state index contributed by atoms with van der Waals surface area (Å²) in [5.41, 5.74) is 7.87. The van der Waals surface area contributed by atoms with Crippen LogP contribution in [0.2, 0.25) is 0 Å². The van der Waals surface area contributed by atoms with Gasteiger partial charge in [0, 0.05) is 36.8 Å². The van der Waals surface area contributed by atoms with E-state index in [-0.39, 0.29) is 0 Å². The van der Waals surface area contributed by atoms with Crippen molar-refractivity contribution >= 4 is 47.7 Å². The van der Waals surface area contributed by atoms with Crippen LogP contribution in [0.4, 0.5) is 0 Å². The average molecular weight is 907 g/mol. The molecule has 5 nitrogen and oxygen atoms in total. The predicted molar refractivity (Wildman–Crippen MR) is 286 cm³/mol. The van der Waals surface area contributed by atoms with E-state index >= 15 is 0 Å². The summed E-state index contributed by atoms with van der Waals surface area (Å²) in [5, 5.41) is 7.80. The van der Waals surface area contributed by atoms with Crippen molar-refractivity contribution in [3.8, 4) is 11.5 Å². The molecule has 0 spiro atoms. The Morgan fingerprint density at radius 2 is 0.554 bits per heavy atom. The molecule has 0 aliphatic heterocycles. The lowest BCUT2D eigenvalue weighted by Crippen LogP contribution is -2.26. The molecular formula is C58H76N4OP2. The molecule has 0 saturated heterocycles. The Bertz CT molecular complexity index is 2050. The van der Waals surface area contributed by atoms with E-state index in [2.05, 4.69) is 222 Å². The van der Waals surface area contributed by atoms with E-state index in [9.17, 15) is 0 Å². The summed E-state index contributed by atoms with van der Waals surface area (Å²) >= 11 is 0. The van der Waals surface area contributed by atoms with Gasteiger partial charge < -0.3 is 4.74 Å². The summed E-state index contributed by atoms with van der Waals surface area (Å²) in [4.78, 5) is 9.92. The molecule has 0 heterocycles. The van der Waals surface area contributed by atoms with E-state index in [0.29, 0.717) is 0 Å². The van der Waals surface area contributed by atoms with Gasteiger partial charge in [-0.15, -0.1) is 0 Å². The third kappa shape index (κ3) is 13.5. The zero-order chi connectivity index (χ0) is 46.3. The lowest BCUT2D eigenvalue weighted by atomic mass is 10.2. The quantitative estimate of drug-likeness (QED) is 0.0563. The van der Waals surface area contributed by atoms with Gasteiger partial charge in [0.05, 0.1) is 0 Å². The number of aryl methyl sites for hydroxylation is 2. The van der Waals surface area contributed by atoms with Crippen LogP contribution in [0.15, 0.2) is 133 Å². The highest BCUT2D eigenvalue weighted by Gasteiger charge is 2.26. The molecule has 0 aliphatic rings. The minimum Gasteiger partial charge on any atom is -0.456 e. The summed E-state index contributed by atoms with van der Waals surface area (Å²) in [6.07, 6.45) is 0. The third-order valence-corrected chi connectivity index (χ3v) is 17.8. The van der Waals surface area contributed by atoms with Crippen molar-refractivity contribution < 1.29 is 4.74 Å². The maximum absolute atomic E-state index is 7.43. The summed E-state index contributed by atoms with van der Waals surface area (Å²) in [6, 6.07) is 51.5. The average Bonchev–Trinajstić information content (AvgIpc) is 3.34. The minimum absolute atomic E-state index is 0.922. The van der Waals surface area contributed by atoms with Crippen LogP contribution in [-0.2, 0) is 26.2 Å². The summed E-state index contributed by atoms with van der Waals surface area (Å²) in [6.45, 7) is 34.6. The highest BCUT2D eigenvalue weighted by atomic mass is 31.1. The normalized spacial score (nSPS) is 11.9. The second kappa shape index (κ2) is 25.1. The Labute approximate surface area is 396 Å². The molecule has 0 aromatic heterocycles. The molecule has 0 atom stereocenters. The molecule has 344 valence electrons. The summed E-state index contributed by atoms with van der Waals surface area (Å²) < 4.78 is 7.43. The lowest BCUT2D eigenvalue weighted by molar-refractivity contribution is 0.296. The number of ether oxygens (including phenoxy) is 1. The Hall–Kier alpha value is -4.18. The van der Waals surface area contributed by atoms with Crippen LogP contribution in [0.1, 0.15) is 88.8 Å². The van der Waals surface area contributed by atoms with Gasteiger partial charge in [-0.05, 0) is 150 Å². The Morgan fingerprint density at radius 3 is 0.769 bits per heavy atom. The van der Waals surface area contributed by atoms with Gasteiger partial charge in [-0.2, -0.15) is 0 Å². The van der Waals surface area contributed by atoms with Crippen molar-refractivity contribution in [2.24, 2.45) is 0 Å².